The van der Waals surface area contributed by atoms with Gasteiger partial charge in [-0.3, -0.25) is 0 Å². The first-order valence-electron chi connectivity index (χ1n) is 6.09. The minimum Gasteiger partial charge on any atom is -0.396 e. The van der Waals surface area contributed by atoms with Crippen LogP contribution in [0.2, 0.25) is 0 Å². The number of sulfonamides is 1. The van der Waals surface area contributed by atoms with Crippen LogP contribution in [0, 0.1) is 5.82 Å². The Labute approximate surface area is 112 Å². The third-order valence-corrected chi connectivity index (χ3v) is 4.61. The lowest BCUT2D eigenvalue weighted by atomic mass is 10.3. The molecule has 1 aromatic rings. The summed E-state index contributed by atoms with van der Waals surface area (Å²) < 4.78 is 38.9. The highest BCUT2D eigenvalue weighted by Gasteiger charge is 2.24. The lowest BCUT2D eigenvalue weighted by Crippen LogP contribution is -2.34. The Morgan fingerprint density at radius 3 is 2.58 bits per heavy atom. The van der Waals surface area contributed by atoms with Crippen molar-refractivity contribution in [2.45, 2.75) is 24.7 Å². The molecule has 0 bridgehead atoms. The van der Waals surface area contributed by atoms with Crippen LogP contribution < -0.4 is 5.73 Å². The van der Waals surface area contributed by atoms with Gasteiger partial charge in [-0.05, 0) is 24.6 Å². The van der Waals surface area contributed by atoms with E-state index in [-0.39, 0.29) is 23.7 Å². The summed E-state index contributed by atoms with van der Waals surface area (Å²) in [6.07, 6.45) is 1.53. The van der Waals surface area contributed by atoms with Gasteiger partial charge in [-0.2, -0.15) is 4.31 Å². The number of hydrogen-bond acceptors (Lipinski definition) is 4. The summed E-state index contributed by atoms with van der Waals surface area (Å²) >= 11 is 0. The molecule has 0 atom stereocenters. The smallest absolute Gasteiger partial charge is 0.243 e. The fourth-order valence-electron chi connectivity index (χ4n) is 1.63. The number of unbranched alkanes of at least 4 members (excludes halogenated alkanes) is 1. The Bertz CT molecular complexity index is 520. The summed E-state index contributed by atoms with van der Waals surface area (Å²) in [5, 5.41) is 8.95. The number of nitrogens with zero attached hydrogens (tertiary/aromatic N) is 1. The van der Waals surface area contributed by atoms with Crippen molar-refractivity contribution < 1.29 is 17.9 Å². The van der Waals surface area contributed by atoms with Gasteiger partial charge in [-0.15, -0.1) is 0 Å². The van der Waals surface area contributed by atoms with Crippen molar-refractivity contribution in [2.24, 2.45) is 0 Å². The van der Waals surface area contributed by atoms with Crippen molar-refractivity contribution in [3.63, 3.8) is 0 Å². The first kappa shape index (κ1) is 15.9. The standard InChI is InChI=1S/C12H19FN2O3S/c1-2-3-6-15(7-8-16)19(17,18)10-4-5-11(13)12(14)9-10/h4-5,9,16H,2-3,6-8,14H2,1H3. The molecule has 0 aromatic heterocycles. The molecule has 0 radical (unpaired) electrons. The average Bonchev–Trinajstić information content (AvgIpc) is 2.37. The Balaban J connectivity index is 3.07. The summed E-state index contributed by atoms with van der Waals surface area (Å²) in [7, 11) is -3.75. The van der Waals surface area contributed by atoms with E-state index in [0.29, 0.717) is 13.0 Å². The molecule has 0 fully saturated rings. The van der Waals surface area contributed by atoms with E-state index in [9.17, 15) is 12.8 Å². The van der Waals surface area contributed by atoms with Crippen LogP contribution in [0.1, 0.15) is 19.8 Å². The van der Waals surface area contributed by atoms with Gasteiger partial charge in [0.15, 0.2) is 0 Å². The van der Waals surface area contributed by atoms with Crippen LogP contribution in [-0.2, 0) is 10.0 Å². The molecule has 1 rings (SSSR count). The van der Waals surface area contributed by atoms with Crippen LogP contribution in [0.4, 0.5) is 10.1 Å². The molecule has 0 heterocycles. The second kappa shape index (κ2) is 6.83. The molecule has 1 aromatic carbocycles. The molecular formula is C12H19FN2O3S. The quantitative estimate of drug-likeness (QED) is 0.739. The van der Waals surface area contributed by atoms with Gasteiger partial charge in [0.05, 0.1) is 17.2 Å². The predicted molar refractivity (Wildman–Crippen MR) is 71.6 cm³/mol. The molecule has 0 aliphatic rings. The highest BCUT2D eigenvalue weighted by molar-refractivity contribution is 7.89. The molecule has 108 valence electrons. The predicted octanol–water partition coefficient (Wildman–Crippen LogP) is 1.19. The Hall–Kier alpha value is -1.18. The molecule has 3 N–H and O–H groups in total. The maximum atomic E-state index is 13.1. The summed E-state index contributed by atoms with van der Waals surface area (Å²) in [6.45, 7) is 2.01. The average molecular weight is 290 g/mol. The van der Waals surface area contributed by atoms with Gasteiger partial charge in [0, 0.05) is 13.1 Å². The van der Waals surface area contributed by atoms with Gasteiger partial charge in [0.1, 0.15) is 5.82 Å². The number of halogens is 1. The molecule has 19 heavy (non-hydrogen) atoms. The zero-order valence-electron chi connectivity index (χ0n) is 10.8. The second-order valence-electron chi connectivity index (χ2n) is 4.16. The van der Waals surface area contributed by atoms with E-state index in [1.165, 1.54) is 10.4 Å². The van der Waals surface area contributed by atoms with Crippen LogP contribution in [0.25, 0.3) is 0 Å². The van der Waals surface area contributed by atoms with Crippen LogP contribution >= 0.6 is 0 Å². The zero-order chi connectivity index (χ0) is 14.5. The summed E-state index contributed by atoms with van der Waals surface area (Å²) in [6, 6.07) is 3.30. The normalized spacial score (nSPS) is 12.0. The topological polar surface area (TPSA) is 83.6 Å². The Kier molecular flexibility index (Phi) is 5.71. The summed E-state index contributed by atoms with van der Waals surface area (Å²) in [4.78, 5) is -0.0593. The number of nitrogens with two attached hydrogens (primary N) is 1. The van der Waals surface area contributed by atoms with Gasteiger partial charge < -0.3 is 10.8 Å². The Morgan fingerprint density at radius 2 is 2.05 bits per heavy atom. The third kappa shape index (κ3) is 3.89. The molecule has 5 nitrogen and oxygen atoms in total. The molecule has 0 unspecified atom stereocenters. The van der Waals surface area contributed by atoms with Crippen LogP contribution in [0.3, 0.4) is 0 Å². The number of aliphatic hydroxyl groups is 1. The van der Waals surface area contributed by atoms with Crippen molar-refractivity contribution in [3.8, 4) is 0 Å². The van der Waals surface area contributed by atoms with E-state index < -0.39 is 15.8 Å². The number of benzene rings is 1. The van der Waals surface area contributed by atoms with Gasteiger partial charge in [-0.1, -0.05) is 13.3 Å². The number of anilines is 1. The fourth-order valence-corrected chi connectivity index (χ4v) is 3.14. The highest BCUT2D eigenvalue weighted by atomic mass is 32.2. The van der Waals surface area contributed by atoms with E-state index in [1.54, 1.807) is 0 Å². The van der Waals surface area contributed by atoms with E-state index in [4.69, 9.17) is 10.8 Å². The molecule has 0 aliphatic carbocycles. The Morgan fingerprint density at radius 1 is 1.37 bits per heavy atom. The van der Waals surface area contributed by atoms with E-state index in [0.717, 1.165) is 18.6 Å². The van der Waals surface area contributed by atoms with Gasteiger partial charge in [0.25, 0.3) is 0 Å². The van der Waals surface area contributed by atoms with E-state index >= 15 is 0 Å². The molecule has 7 heteroatoms. The monoisotopic (exact) mass is 290 g/mol. The lowest BCUT2D eigenvalue weighted by molar-refractivity contribution is 0.252. The van der Waals surface area contributed by atoms with E-state index in [2.05, 4.69) is 0 Å². The van der Waals surface area contributed by atoms with Crippen molar-refractivity contribution in [1.82, 2.24) is 4.31 Å². The largest absolute Gasteiger partial charge is 0.396 e. The van der Waals surface area contributed by atoms with Crippen LogP contribution in [0.15, 0.2) is 23.1 Å². The summed E-state index contributed by atoms with van der Waals surface area (Å²) in [5.74, 6) is -0.652. The fraction of sp³-hybridized carbons (Fsp3) is 0.500. The lowest BCUT2D eigenvalue weighted by Gasteiger charge is -2.21. The SMILES string of the molecule is CCCCN(CCO)S(=O)(=O)c1ccc(F)c(N)c1. The zero-order valence-corrected chi connectivity index (χ0v) is 11.7. The van der Waals surface area contributed by atoms with Gasteiger partial charge in [0.2, 0.25) is 10.0 Å². The minimum atomic E-state index is -3.75. The third-order valence-electron chi connectivity index (χ3n) is 2.72. The molecular weight excluding hydrogens is 271 g/mol. The van der Waals surface area contributed by atoms with Crippen LogP contribution in [0.5, 0.6) is 0 Å². The van der Waals surface area contributed by atoms with Crippen molar-refractivity contribution in [1.29, 1.82) is 0 Å². The number of aliphatic hydroxyl groups excluding tert-OH is 1. The maximum Gasteiger partial charge on any atom is 0.243 e. The molecule has 0 aliphatic heterocycles. The number of hydrogen-bond donors (Lipinski definition) is 2. The number of rotatable bonds is 7. The summed E-state index contributed by atoms with van der Waals surface area (Å²) in [5.41, 5.74) is 5.18. The number of nitrogen functional groups attached to an aromatic ring is 1. The second-order valence-corrected chi connectivity index (χ2v) is 6.10. The molecule has 0 saturated heterocycles. The minimum absolute atomic E-state index is 0.0135. The molecule has 0 spiro atoms. The highest BCUT2D eigenvalue weighted by Crippen LogP contribution is 2.20. The van der Waals surface area contributed by atoms with Crippen molar-refractivity contribution in [2.75, 3.05) is 25.4 Å². The van der Waals surface area contributed by atoms with E-state index in [1.807, 2.05) is 6.92 Å². The van der Waals surface area contributed by atoms with Crippen LogP contribution in [-0.4, -0.2) is 37.5 Å². The first-order chi connectivity index (χ1) is 8.93. The van der Waals surface area contributed by atoms with Gasteiger partial charge >= 0.3 is 0 Å². The molecule has 0 amide bonds. The van der Waals surface area contributed by atoms with Crippen molar-refractivity contribution >= 4 is 15.7 Å². The maximum absolute atomic E-state index is 13.1. The molecule has 0 saturated carbocycles. The first-order valence-corrected chi connectivity index (χ1v) is 7.53. The van der Waals surface area contributed by atoms with Crippen molar-refractivity contribution in [3.05, 3.63) is 24.0 Å². The van der Waals surface area contributed by atoms with Gasteiger partial charge in [-0.25, -0.2) is 12.8 Å².